The number of aryl methyl sites for hydroxylation is 2. The van der Waals surface area contributed by atoms with E-state index in [0.29, 0.717) is 31.2 Å². The average molecular weight is 396 g/mol. The van der Waals surface area contributed by atoms with Crippen LogP contribution in [0.2, 0.25) is 0 Å². The second-order valence-electron chi connectivity index (χ2n) is 8.50. The van der Waals surface area contributed by atoms with Crippen LogP contribution in [0.3, 0.4) is 0 Å². The number of nitrogens with one attached hydrogen (secondary N) is 1. The number of carbonyl (C=O) groups is 1. The highest BCUT2D eigenvalue weighted by Crippen LogP contribution is 2.39. The van der Waals surface area contributed by atoms with Crippen LogP contribution in [0.1, 0.15) is 59.0 Å². The van der Waals surface area contributed by atoms with Gasteiger partial charge in [-0.25, -0.2) is 4.68 Å². The van der Waals surface area contributed by atoms with Crippen molar-refractivity contribution in [3.05, 3.63) is 45.1 Å². The van der Waals surface area contributed by atoms with Crippen LogP contribution in [-0.2, 0) is 19.4 Å². The van der Waals surface area contributed by atoms with Gasteiger partial charge in [0.15, 0.2) is 0 Å². The molecule has 1 amide bonds. The number of fused-ring (bicyclic) bond motifs is 1. The Balaban J connectivity index is 1.14. The zero-order valence-corrected chi connectivity index (χ0v) is 16.8. The molecular formula is C21H28N6O2. The van der Waals surface area contributed by atoms with Crippen molar-refractivity contribution in [2.24, 2.45) is 0 Å². The lowest BCUT2D eigenvalue weighted by Crippen LogP contribution is -2.49. The van der Waals surface area contributed by atoms with E-state index in [4.69, 9.17) is 0 Å². The van der Waals surface area contributed by atoms with Gasteiger partial charge in [0.25, 0.3) is 11.5 Å². The molecule has 5 rings (SSSR count). The summed E-state index contributed by atoms with van der Waals surface area (Å²) < 4.78 is 1.62. The maximum absolute atomic E-state index is 12.7. The number of hydrogen-bond acceptors (Lipinski definition) is 5. The minimum Gasteiger partial charge on any atom is -0.335 e. The van der Waals surface area contributed by atoms with Gasteiger partial charge in [0.1, 0.15) is 5.69 Å². The molecule has 1 aliphatic heterocycles. The van der Waals surface area contributed by atoms with Gasteiger partial charge < -0.3 is 4.90 Å². The average Bonchev–Trinajstić information content (AvgIpc) is 3.49. The number of aromatic amines is 1. The Hall–Kier alpha value is -2.48. The molecule has 2 aromatic heterocycles. The van der Waals surface area contributed by atoms with E-state index in [1.165, 1.54) is 12.8 Å². The highest BCUT2D eigenvalue weighted by Gasteiger charge is 2.28. The topological polar surface area (TPSA) is 87.1 Å². The fourth-order valence-corrected chi connectivity index (χ4v) is 4.38. The van der Waals surface area contributed by atoms with Gasteiger partial charge in [0, 0.05) is 50.4 Å². The van der Waals surface area contributed by atoms with Crippen molar-refractivity contribution in [2.75, 3.05) is 32.7 Å². The first kappa shape index (κ1) is 18.5. The first-order valence-corrected chi connectivity index (χ1v) is 10.8. The van der Waals surface area contributed by atoms with Gasteiger partial charge in [0.2, 0.25) is 0 Å². The van der Waals surface area contributed by atoms with Crippen LogP contribution in [-0.4, -0.2) is 68.4 Å². The van der Waals surface area contributed by atoms with Gasteiger partial charge in [-0.15, -0.1) is 0 Å². The van der Waals surface area contributed by atoms with E-state index in [9.17, 15) is 9.59 Å². The fourth-order valence-electron chi connectivity index (χ4n) is 4.38. The molecule has 0 aromatic carbocycles. The maximum atomic E-state index is 12.7. The van der Waals surface area contributed by atoms with E-state index < -0.39 is 0 Å². The van der Waals surface area contributed by atoms with Gasteiger partial charge in [-0.05, 0) is 50.2 Å². The predicted molar refractivity (Wildman–Crippen MR) is 108 cm³/mol. The van der Waals surface area contributed by atoms with Gasteiger partial charge >= 0.3 is 0 Å². The van der Waals surface area contributed by atoms with Crippen molar-refractivity contribution in [3.63, 3.8) is 0 Å². The lowest BCUT2D eigenvalue weighted by molar-refractivity contribution is 0.0625. The van der Waals surface area contributed by atoms with Crippen LogP contribution in [0.5, 0.6) is 0 Å². The summed E-state index contributed by atoms with van der Waals surface area (Å²) in [6, 6.07) is 3.69. The molecule has 1 N–H and O–H groups in total. The van der Waals surface area contributed by atoms with Crippen LogP contribution in [0.15, 0.2) is 16.9 Å². The molecule has 2 aliphatic carbocycles. The molecule has 1 saturated carbocycles. The second kappa shape index (κ2) is 7.74. The molecular weight excluding hydrogens is 368 g/mol. The number of nitrogens with zero attached hydrogens (tertiary/aromatic N) is 5. The first-order chi connectivity index (χ1) is 14.2. The number of piperazine rings is 1. The summed E-state index contributed by atoms with van der Waals surface area (Å²) in [6.45, 7) is 4.39. The van der Waals surface area contributed by atoms with Gasteiger partial charge in [0.05, 0.1) is 12.2 Å². The Morgan fingerprint density at radius 3 is 2.66 bits per heavy atom. The summed E-state index contributed by atoms with van der Waals surface area (Å²) in [5.74, 6) is 0.585. The molecule has 8 nitrogen and oxygen atoms in total. The number of hydrogen-bond donors (Lipinski definition) is 1. The molecule has 0 radical (unpaired) electrons. The molecule has 1 saturated heterocycles. The first-order valence-electron chi connectivity index (χ1n) is 10.8. The Labute approximate surface area is 169 Å². The summed E-state index contributed by atoms with van der Waals surface area (Å²) >= 11 is 0. The molecule has 29 heavy (non-hydrogen) atoms. The molecule has 0 bridgehead atoms. The van der Waals surface area contributed by atoms with Gasteiger partial charge in [-0.1, -0.05) is 0 Å². The number of carbonyl (C=O) groups excluding carboxylic acids is 1. The van der Waals surface area contributed by atoms with Gasteiger partial charge in [-0.2, -0.15) is 10.2 Å². The van der Waals surface area contributed by atoms with E-state index in [1.54, 1.807) is 10.7 Å². The van der Waals surface area contributed by atoms with Crippen LogP contribution < -0.4 is 5.56 Å². The van der Waals surface area contributed by atoms with E-state index in [0.717, 1.165) is 62.3 Å². The zero-order valence-electron chi connectivity index (χ0n) is 16.8. The van der Waals surface area contributed by atoms with E-state index in [2.05, 4.69) is 20.2 Å². The van der Waals surface area contributed by atoms with Crippen LogP contribution >= 0.6 is 0 Å². The highest BCUT2D eigenvalue weighted by atomic mass is 16.2. The Morgan fingerprint density at radius 1 is 1.07 bits per heavy atom. The van der Waals surface area contributed by atoms with E-state index in [1.807, 2.05) is 11.0 Å². The standard InChI is InChI=1S/C21H28N6O2/c28-20-13-16-3-1-2-4-17(16)24-27(20)12-9-25-7-10-26(11-8-25)21(29)19-14-18(22-23-19)15-5-6-15/h13-15H,1-12H2,(H,22,23). The Bertz CT molecular complexity index is 952. The molecule has 0 atom stereocenters. The normalized spacial score (nSPS) is 19.9. The molecule has 8 heteroatoms. The number of aromatic nitrogens is 4. The molecule has 0 unspecified atom stereocenters. The molecule has 3 aliphatic rings. The number of amides is 1. The summed E-state index contributed by atoms with van der Waals surface area (Å²) in [6.07, 6.45) is 6.65. The summed E-state index contributed by atoms with van der Waals surface area (Å²) in [5.41, 5.74) is 3.85. The highest BCUT2D eigenvalue weighted by molar-refractivity contribution is 5.92. The van der Waals surface area contributed by atoms with Crippen LogP contribution in [0.25, 0.3) is 0 Å². The minimum absolute atomic E-state index is 0.00413. The Morgan fingerprint density at radius 2 is 1.86 bits per heavy atom. The number of rotatable bonds is 5. The Kier molecular flexibility index (Phi) is 4.95. The van der Waals surface area contributed by atoms with Crippen molar-refractivity contribution in [3.8, 4) is 0 Å². The third-order valence-electron chi connectivity index (χ3n) is 6.40. The minimum atomic E-state index is 0.00413. The van der Waals surface area contributed by atoms with E-state index >= 15 is 0 Å². The zero-order chi connectivity index (χ0) is 19.8. The van der Waals surface area contributed by atoms with Crippen molar-refractivity contribution >= 4 is 5.91 Å². The summed E-state index contributed by atoms with van der Waals surface area (Å²) in [7, 11) is 0. The largest absolute Gasteiger partial charge is 0.335 e. The van der Waals surface area contributed by atoms with Crippen LogP contribution in [0.4, 0.5) is 0 Å². The van der Waals surface area contributed by atoms with Gasteiger partial charge in [-0.3, -0.25) is 19.6 Å². The fraction of sp³-hybridized carbons (Fsp3) is 0.619. The summed E-state index contributed by atoms with van der Waals surface area (Å²) in [5, 5.41) is 11.8. The van der Waals surface area contributed by atoms with Crippen molar-refractivity contribution in [2.45, 2.75) is 51.0 Å². The summed E-state index contributed by atoms with van der Waals surface area (Å²) in [4.78, 5) is 29.2. The maximum Gasteiger partial charge on any atom is 0.274 e. The lowest BCUT2D eigenvalue weighted by Gasteiger charge is -2.34. The predicted octanol–water partition coefficient (Wildman–Crippen LogP) is 1.18. The van der Waals surface area contributed by atoms with Crippen molar-refractivity contribution < 1.29 is 4.79 Å². The second-order valence-corrected chi connectivity index (χ2v) is 8.50. The number of H-pyrrole nitrogens is 1. The lowest BCUT2D eigenvalue weighted by atomic mass is 9.97. The molecule has 2 fully saturated rings. The third kappa shape index (κ3) is 3.99. The monoisotopic (exact) mass is 396 g/mol. The molecule has 3 heterocycles. The van der Waals surface area contributed by atoms with Crippen molar-refractivity contribution in [1.82, 2.24) is 29.8 Å². The van der Waals surface area contributed by atoms with Crippen molar-refractivity contribution in [1.29, 1.82) is 0 Å². The molecule has 2 aromatic rings. The quantitative estimate of drug-likeness (QED) is 0.820. The molecule has 0 spiro atoms. The SMILES string of the molecule is O=C(c1cc(C2CC2)[nH]n1)N1CCN(CCn2nc3c(cc2=O)CCCC3)CC1. The van der Waals surface area contributed by atoms with Crippen LogP contribution in [0, 0.1) is 0 Å². The third-order valence-corrected chi connectivity index (χ3v) is 6.40. The smallest absolute Gasteiger partial charge is 0.274 e. The molecule has 154 valence electrons. The van der Waals surface area contributed by atoms with E-state index in [-0.39, 0.29) is 11.5 Å².